The molecule has 1 aromatic heterocycles. The summed E-state index contributed by atoms with van der Waals surface area (Å²) in [5, 5.41) is 6.27. The van der Waals surface area contributed by atoms with Crippen LogP contribution in [0.3, 0.4) is 0 Å². The SMILES string of the molecule is CCCNc1ncc(F)c(NCC2(C3CC3)CC2)n1. The van der Waals surface area contributed by atoms with E-state index in [2.05, 4.69) is 27.5 Å². The van der Waals surface area contributed by atoms with E-state index in [1.807, 2.05) is 0 Å². The molecule has 0 unspecified atom stereocenters. The highest BCUT2D eigenvalue weighted by Gasteiger charge is 2.53. The van der Waals surface area contributed by atoms with Gasteiger partial charge in [0.1, 0.15) is 0 Å². The lowest BCUT2D eigenvalue weighted by Gasteiger charge is -2.16. The van der Waals surface area contributed by atoms with Crippen LogP contribution in [0.5, 0.6) is 0 Å². The van der Waals surface area contributed by atoms with E-state index < -0.39 is 0 Å². The first-order valence-electron chi connectivity index (χ1n) is 7.24. The van der Waals surface area contributed by atoms with Gasteiger partial charge < -0.3 is 10.6 Å². The summed E-state index contributed by atoms with van der Waals surface area (Å²) in [5.41, 5.74) is 0.439. The molecule has 0 aromatic carbocycles. The third kappa shape index (κ3) is 2.80. The van der Waals surface area contributed by atoms with E-state index in [0.29, 0.717) is 17.2 Å². The Balaban J connectivity index is 1.62. The van der Waals surface area contributed by atoms with Crippen molar-refractivity contribution in [3.63, 3.8) is 0 Å². The number of hydrogen-bond acceptors (Lipinski definition) is 4. The van der Waals surface area contributed by atoms with E-state index in [4.69, 9.17) is 0 Å². The highest BCUT2D eigenvalue weighted by molar-refractivity contribution is 5.41. The summed E-state index contributed by atoms with van der Waals surface area (Å²) in [6, 6.07) is 0. The quantitative estimate of drug-likeness (QED) is 0.794. The Hall–Kier alpha value is -1.39. The summed E-state index contributed by atoms with van der Waals surface area (Å²) in [7, 11) is 0. The van der Waals surface area contributed by atoms with Gasteiger partial charge in [0, 0.05) is 13.1 Å². The van der Waals surface area contributed by atoms with Crippen LogP contribution in [0.25, 0.3) is 0 Å². The van der Waals surface area contributed by atoms with E-state index in [1.165, 1.54) is 31.9 Å². The molecule has 4 nitrogen and oxygen atoms in total. The summed E-state index contributed by atoms with van der Waals surface area (Å²) in [6.45, 7) is 3.72. The maximum Gasteiger partial charge on any atom is 0.224 e. The first-order valence-corrected chi connectivity index (χ1v) is 7.24. The second-order valence-corrected chi connectivity index (χ2v) is 5.81. The van der Waals surface area contributed by atoms with E-state index in [-0.39, 0.29) is 5.82 Å². The number of anilines is 2. The molecule has 0 saturated heterocycles. The molecule has 0 spiro atoms. The van der Waals surface area contributed by atoms with Crippen LogP contribution in [-0.2, 0) is 0 Å². The van der Waals surface area contributed by atoms with Crippen molar-refractivity contribution >= 4 is 11.8 Å². The molecule has 0 aliphatic heterocycles. The molecule has 104 valence electrons. The Morgan fingerprint density at radius 1 is 1.37 bits per heavy atom. The maximum atomic E-state index is 13.7. The first-order chi connectivity index (χ1) is 9.23. The van der Waals surface area contributed by atoms with Gasteiger partial charge in [-0.15, -0.1) is 0 Å². The first kappa shape index (κ1) is 12.6. The lowest BCUT2D eigenvalue weighted by molar-refractivity contribution is 0.464. The van der Waals surface area contributed by atoms with E-state index >= 15 is 0 Å². The monoisotopic (exact) mass is 264 g/mol. The summed E-state index contributed by atoms with van der Waals surface area (Å²) in [4.78, 5) is 8.16. The van der Waals surface area contributed by atoms with Gasteiger partial charge in [0.15, 0.2) is 11.6 Å². The van der Waals surface area contributed by atoms with Crippen molar-refractivity contribution in [2.75, 3.05) is 23.7 Å². The number of aromatic nitrogens is 2. The molecule has 5 heteroatoms. The fraction of sp³-hybridized carbons (Fsp3) is 0.714. The van der Waals surface area contributed by atoms with Crippen LogP contribution in [0, 0.1) is 17.2 Å². The van der Waals surface area contributed by atoms with Gasteiger partial charge in [0.2, 0.25) is 5.95 Å². The number of halogens is 1. The van der Waals surface area contributed by atoms with Crippen molar-refractivity contribution < 1.29 is 4.39 Å². The van der Waals surface area contributed by atoms with Crippen LogP contribution in [-0.4, -0.2) is 23.1 Å². The predicted octanol–water partition coefficient (Wildman–Crippen LogP) is 3.04. The highest BCUT2D eigenvalue weighted by Crippen LogP contribution is 2.61. The molecule has 1 heterocycles. The Labute approximate surface area is 113 Å². The van der Waals surface area contributed by atoms with Crippen LogP contribution in [0.4, 0.5) is 16.2 Å². The Morgan fingerprint density at radius 3 is 2.79 bits per heavy atom. The predicted molar refractivity (Wildman–Crippen MR) is 73.7 cm³/mol. The largest absolute Gasteiger partial charge is 0.367 e. The molecule has 0 bridgehead atoms. The smallest absolute Gasteiger partial charge is 0.224 e. The van der Waals surface area contributed by atoms with Crippen molar-refractivity contribution in [2.45, 2.75) is 39.0 Å². The van der Waals surface area contributed by atoms with Crippen molar-refractivity contribution in [1.82, 2.24) is 9.97 Å². The second-order valence-electron chi connectivity index (χ2n) is 5.81. The van der Waals surface area contributed by atoms with Crippen molar-refractivity contribution in [2.24, 2.45) is 11.3 Å². The minimum atomic E-state index is -0.367. The van der Waals surface area contributed by atoms with Gasteiger partial charge in [-0.3, -0.25) is 0 Å². The second kappa shape index (κ2) is 4.94. The van der Waals surface area contributed by atoms with Crippen molar-refractivity contribution in [3.8, 4) is 0 Å². The molecule has 2 N–H and O–H groups in total. The Bertz CT molecular complexity index is 455. The van der Waals surface area contributed by atoms with Gasteiger partial charge in [-0.1, -0.05) is 6.92 Å². The molecule has 2 fully saturated rings. The zero-order valence-electron chi connectivity index (χ0n) is 11.4. The minimum absolute atomic E-state index is 0.334. The number of rotatable bonds is 7. The topological polar surface area (TPSA) is 49.8 Å². The zero-order valence-corrected chi connectivity index (χ0v) is 11.4. The van der Waals surface area contributed by atoms with Gasteiger partial charge in [0.25, 0.3) is 0 Å². The molecule has 3 rings (SSSR count). The average Bonchev–Trinajstić information content (AvgIpc) is 3.28. The number of hydrogen-bond donors (Lipinski definition) is 2. The summed E-state index contributed by atoms with van der Waals surface area (Å²) >= 11 is 0. The van der Waals surface area contributed by atoms with Gasteiger partial charge in [-0.2, -0.15) is 4.98 Å². The van der Waals surface area contributed by atoms with Gasteiger partial charge in [-0.25, -0.2) is 9.37 Å². The Kier molecular flexibility index (Phi) is 3.29. The fourth-order valence-electron chi connectivity index (χ4n) is 2.66. The Morgan fingerprint density at radius 2 is 2.16 bits per heavy atom. The molecule has 19 heavy (non-hydrogen) atoms. The normalized spacial score (nSPS) is 20.1. The van der Waals surface area contributed by atoms with Crippen molar-refractivity contribution in [1.29, 1.82) is 0 Å². The minimum Gasteiger partial charge on any atom is -0.367 e. The van der Waals surface area contributed by atoms with Crippen LogP contribution < -0.4 is 10.6 Å². The third-order valence-corrected chi connectivity index (χ3v) is 4.22. The van der Waals surface area contributed by atoms with Crippen LogP contribution >= 0.6 is 0 Å². The molecular formula is C14H21FN4. The molecule has 1 aromatic rings. The molecule has 0 atom stereocenters. The van der Waals surface area contributed by atoms with Crippen LogP contribution in [0.1, 0.15) is 39.0 Å². The van der Waals surface area contributed by atoms with Crippen molar-refractivity contribution in [3.05, 3.63) is 12.0 Å². The lowest BCUT2D eigenvalue weighted by atomic mass is 10.0. The van der Waals surface area contributed by atoms with Gasteiger partial charge in [-0.05, 0) is 43.4 Å². The maximum absolute atomic E-state index is 13.7. The summed E-state index contributed by atoms with van der Waals surface area (Å²) in [5.74, 6) is 1.33. The van der Waals surface area contributed by atoms with Gasteiger partial charge in [0.05, 0.1) is 6.20 Å². The van der Waals surface area contributed by atoms with E-state index in [9.17, 15) is 4.39 Å². The molecule has 0 radical (unpaired) electrons. The highest BCUT2D eigenvalue weighted by atomic mass is 19.1. The van der Waals surface area contributed by atoms with E-state index in [0.717, 1.165) is 25.4 Å². The number of nitrogens with one attached hydrogen (secondary N) is 2. The molecular weight excluding hydrogens is 243 g/mol. The van der Waals surface area contributed by atoms with Gasteiger partial charge >= 0.3 is 0 Å². The standard InChI is InChI=1S/C14H21FN4/c1-2-7-16-13-17-8-11(15)12(19-13)18-9-14(5-6-14)10-3-4-10/h8,10H,2-7,9H2,1H3,(H2,16,17,18,19). The van der Waals surface area contributed by atoms with E-state index in [1.54, 1.807) is 0 Å². The number of nitrogens with zero attached hydrogens (tertiary/aromatic N) is 2. The summed E-state index contributed by atoms with van der Waals surface area (Å²) < 4.78 is 13.7. The molecule has 2 saturated carbocycles. The summed E-state index contributed by atoms with van der Waals surface area (Å²) in [6.07, 6.45) is 7.48. The lowest BCUT2D eigenvalue weighted by Crippen LogP contribution is -2.19. The van der Waals surface area contributed by atoms with Crippen LogP contribution in [0.2, 0.25) is 0 Å². The molecule has 0 amide bonds. The average molecular weight is 264 g/mol. The third-order valence-electron chi connectivity index (χ3n) is 4.22. The van der Waals surface area contributed by atoms with Crippen LogP contribution in [0.15, 0.2) is 6.20 Å². The fourth-order valence-corrected chi connectivity index (χ4v) is 2.66. The molecule has 2 aliphatic rings. The molecule has 2 aliphatic carbocycles. The zero-order chi connectivity index (χ0) is 13.3.